The number of aromatic nitrogens is 4. The van der Waals surface area contributed by atoms with Crippen molar-refractivity contribution in [1.29, 1.82) is 0 Å². The highest BCUT2D eigenvalue weighted by Gasteiger charge is 2.14. The standard InChI is InChI=1S/C15H12Cl2N4OS/c1-8-5-9(2)21-14(18-8)19-15(20-21)23-7-13(22)11-4-3-10(16)6-12(11)17/h3-6H,7H2,1-2H3. The molecule has 0 aliphatic carbocycles. The van der Waals surface area contributed by atoms with Crippen molar-refractivity contribution < 1.29 is 4.79 Å². The van der Waals surface area contributed by atoms with Gasteiger partial charge in [0, 0.05) is 22.0 Å². The van der Waals surface area contributed by atoms with Crippen molar-refractivity contribution in [2.75, 3.05) is 5.75 Å². The molecule has 0 saturated heterocycles. The Morgan fingerprint density at radius 3 is 2.74 bits per heavy atom. The molecule has 2 heterocycles. The van der Waals surface area contributed by atoms with Crippen LogP contribution in [0.15, 0.2) is 29.4 Å². The summed E-state index contributed by atoms with van der Waals surface area (Å²) < 4.78 is 1.66. The summed E-state index contributed by atoms with van der Waals surface area (Å²) in [6.45, 7) is 3.84. The third-order valence-electron chi connectivity index (χ3n) is 3.16. The molecular weight excluding hydrogens is 355 g/mol. The van der Waals surface area contributed by atoms with Crippen LogP contribution in [-0.4, -0.2) is 31.1 Å². The summed E-state index contributed by atoms with van der Waals surface area (Å²) in [4.78, 5) is 20.9. The Bertz CT molecular complexity index is 910. The van der Waals surface area contributed by atoms with E-state index in [1.165, 1.54) is 11.8 Å². The van der Waals surface area contributed by atoms with Gasteiger partial charge in [-0.1, -0.05) is 35.0 Å². The number of hydrogen-bond donors (Lipinski definition) is 0. The molecule has 0 radical (unpaired) electrons. The summed E-state index contributed by atoms with van der Waals surface area (Å²) in [5, 5.41) is 5.70. The van der Waals surface area contributed by atoms with Crippen molar-refractivity contribution in [3.63, 3.8) is 0 Å². The lowest BCUT2D eigenvalue weighted by molar-refractivity contribution is 0.102. The molecule has 23 heavy (non-hydrogen) atoms. The van der Waals surface area contributed by atoms with Crippen LogP contribution in [0.2, 0.25) is 10.0 Å². The minimum atomic E-state index is -0.101. The first-order chi connectivity index (χ1) is 10.9. The molecule has 0 atom stereocenters. The topological polar surface area (TPSA) is 60.2 Å². The van der Waals surface area contributed by atoms with Crippen LogP contribution < -0.4 is 0 Å². The largest absolute Gasteiger partial charge is 0.293 e. The van der Waals surface area contributed by atoms with Gasteiger partial charge in [0.1, 0.15) is 0 Å². The zero-order chi connectivity index (χ0) is 16.6. The number of Topliss-reactive ketones (excluding diaryl/α,β-unsaturated/α-hetero) is 1. The van der Waals surface area contributed by atoms with Gasteiger partial charge in [0.2, 0.25) is 5.16 Å². The van der Waals surface area contributed by atoms with Crippen LogP contribution in [0, 0.1) is 13.8 Å². The molecular formula is C15H12Cl2N4OS. The van der Waals surface area contributed by atoms with E-state index < -0.39 is 0 Å². The van der Waals surface area contributed by atoms with Gasteiger partial charge in [0.25, 0.3) is 5.78 Å². The molecule has 0 N–H and O–H groups in total. The smallest absolute Gasteiger partial charge is 0.253 e. The fourth-order valence-electron chi connectivity index (χ4n) is 2.13. The third kappa shape index (κ3) is 3.49. The lowest BCUT2D eigenvalue weighted by Gasteiger charge is -2.02. The van der Waals surface area contributed by atoms with Crippen LogP contribution in [0.5, 0.6) is 0 Å². The summed E-state index contributed by atoms with van der Waals surface area (Å²) in [5.74, 6) is 0.620. The van der Waals surface area contributed by atoms with Gasteiger partial charge in [0.05, 0.1) is 10.8 Å². The van der Waals surface area contributed by atoms with Crippen LogP contribution in [0.4, 0.5) is 0 Å². The van der Waals surface area contributed by atoms with Crippen LogP contribution in [-0.2, 0) is 0 Å². The van der Waals surface area contributed by atoms with Crippen molar-refractivity contribution in [2.45, 2.75) is 19.0 Å². The van der Waals surface area contributed by atoms with E-state index >= 15 is 0 Å². The number of halogens is 2. The van der Waals surface area contributed by atoms with Gasteiger partial charge in [-0.25, -0.2) is 9.50 Å². The van der Waals surface area contributed by atoms with Crippen molar-refractivity contribution in [3.8, 4) is 0 Å². The number of nitrogens with zero attached hydrogens (tertiary/aromatic N) is 4. The predicted octanol–water partition coefficient (Wildman–Crippen LogP) is 4.02. The molecule has 0 fully saturated rings. The number of carbonyl (C=O) groups excluding carboxylic acids is 1. The number of fused-ring (bicyclic) bond motifs is 1. The van der Waals surface area contributed by atoms with Gasteiger partial charge in [-0.2, -0.15) is 4.98 Å². The van der Waals surface area contributed by atoms with E-state index in [4.69, 9.17) is 23.2 Å². The Morgan fingerprint density at radius 1 is 1.22 bits per heavy atom. The quantitative estimate of drug-likeness (QED) is 0.515. The SMILES string of the molecule is Cc1cc(C)n2nc(SCC(=O)c3ccc(Cl)cc3Cl)nc2n1. The summed E-state index contributed by atoms with van der Waals surface area (Å²) in [6, 6.07) is 6.75. The molecule has 0 spiro atoms. The second-order valence-electron chi connectivity index (χ2n) is 4.98. The normalized spacial score (nSPS) is 11.1. The van der Waals surface area contributed by atoms with Gasteiger partial charge in [-0.05, 0) is 38.1 Å². The fourth-order valence-corrected chi connectivity index (χ4v) is 3.35. The molecule has 5 nitrogen and oxygen atoms in total. The first-order valence-corrected chi connectivity index (χ1v) is 8.50. The van der Waals surface area contributed by atoms with Gasteiger partial charge in [-0.3, -0.25) is 4.79 Å². The first kappa shape index (κ1) is 16.2. The average molecular weight is 367 g/mol. The van der Waals surface area contributed by atoms with E-state index in [1.54, 1.807) is 22.7 Å². The van der Waals surface area contributed by atoms with Crippen LogP contribution in [0.25, 0.3) is 5.78 Å². The Morgan fingerprint density at radius 2 is 2.00 bits per heavy atom. The van der Waals surface area contributed by atoms with Gasteiger partial charge >= 0.3 is 0 Å². The number of ketones is 1. The van der Waals surface area contributed by atoms with Crippen LogP contribution in [0.1, 0.15) is 21.7 Å². The Labute approximate surface area is 147 Å². The van der Waals surface area contributed by atoms with E-state index in [0.29, 0.717) is 26.5 Å². The van der Waals surface area contributed by atoms with Crippen molar-refractivity contribution >= 4 is 46.5 Å². The number of carbonyl (C=O) groups is 1. The zero-order valence-electron chi connectivity index (χ0n) is 12.4. The van der Waals surface area contributed by atoms with E-state index in [2.05, 4.69) is 15.1 Å². The number of hydrogen-bond acceptors (Lipinski definition) is 5. The predicted molar refractivity (Wildman–Crippen MR) is 91.8 cm³/mol. The summed E-state index contributed by atoms with van der Waals surface area (Å²) in [6.07, 6.45) is 0. The minimum absolute atomic E-state index is 0.101. The van der Waals surface area contributed by atoms with Gasteiger partial charge < -0.3 is 0 Å². The number of thioether (sulfide) groups is 1. The number of aryl methyl sites for hydroxylation is 2. The number of benzene rings is 1. The lowest BCUT2D eigenvalue weighted by atomic mass is 10.1. The lowest BCUT2D eigenvalue weighted by Crippen LogP contribution is -2.03. The van der Waals surface area contributed by atoms with E-state index in [9.17, 15) is 4.79 Å². The average Bonchev–Trinajstić information content (AvgIpc) is 2.88. The molecule has 118 valence electrons. The molecule has 0 aliphatic heterocycles. The summed E-state index contributed by atoms with van der Waals surface area (Å²) >= 11 is 13.1. The summed E-state index contributed by atoms with van der Waals surface area (Å²) in [7, 11) is 0. The third-order valence-corrected chi connectivity index (χ3v) is 4.55. The molecule has 8 heteroatoms. The van der Waals surface area contributed by atoms with Crippen molar-refractivity contribution in [3.05, 3.63) is 51.3 Å². The van der Waals surface area contributed by atoms with Gasteiger partial charge in [-0.15, -0.1) is 5.10 Å². The molecule has 0 bridgehead atoms. The molecule has 1 aromatic carbocycles. The molecule has 0 unspecified atom stereocenters. The summed E-state index contributed by atoms with van der Waals surface area (Å²) in [5.41, 5.74) is 2.26. The molecule has 0 saturated carbocycles. The maximum Gasteiger partial charge on any atom is 0.253 e. The van der Waals surface area contributed by atoms with E-state index in [1.807, 2.05) is 19.9 Å². The Balaban J connectivity index is 1.78. The highest BCUT2D eigenvalue weighted by atomic mass is 35.5. The monoisotopic (exact) mass is 366 g/mol. The molecule has 3 aromatic rings. The maximum atomic E-state index is 12.3. The van der Waals surface area contributed by atoms with Crippen molar-refractivity contribution in [1.82, 2.24) is 19.6 Å². The highest BCUT2D eigenvalue weighted by Crippen LogP contribution is 2.24. The van der Waals surface area contributed by atoms with E-state index in [-0.39, 0.29) is 11.5 Å². The van der Waals surface area contributed by atoms with Crippen molar-refractivity contribution in [2.24, 2.45) is 0 Å². The molecule has 2 aromatic heterocycles. The fraction of sp³-hybridized carbons (Fsp3) is 0.200. The molecule has 0 aliphatic rings. The second-order valence-corrected chi connectivity index (χ2v) is 6.77. The van der Waals surface area contributed by atoms with Crippen LogP contribution in [0.3, 0.4) is 0 Å². The van der Waals surface area contributed by atoms with E-state index in [0.717, 1.165) is 11.4 Å². The first-order valence-electron chi connectivity index (χ1n) is 6.76. The molecule has 0 amide bonds. The Kier molecular flexibility index (Phi) is 4.57. The zero-order valence-corrected chi connectivity index (χ0v) is 14.7. The number of rotatable bonds is 4. The van der Waals surface area contributed by atoms with Gasteiger partial charge in [0.15, 0.2) is 5.78 Å². The minimum Gasteiger partial charge on any atom is -0.293 e. The van der Waals surface area contributed by atoms with Crippen LogP contribution >= 0.6 is 35.0 Å². The second kappa shape index (κ2) is 6.47. The highest BCUT2D eigenvalue weighted by molar-refractivity contribution is 7.99. The Hall–Kier alpha value is -1.63. The maximum absolute atomic E-state index is 12.3. The molecule has 3 rings (SSSR count).